The summed E-state index contributed by atoms with van der Waals surface area (Å²) in [4.78, 5) is 0. The zero-order valence-corrected chi connectivity index (χ0v) is 9.17. The first-order chi connectivity index (χ1) is 7.63. The summed E-state index contributed by atoms with van der Waals surface area (Å²) in [6.45, 7) is 0. The highest BCUT2D eigenvalue weighted by Crippen LogP contribution is 2.38. The van der Waals surface area contributed by atoms with Gasteiger partial charge in [-0.1, -0.05) is 6.42 Å². The smallest absolute Gasteiger partial charge is 0.134 e. The molecule has 0 amide bonds. The third-order valence-electron chi connectivity index (χ3n) is 3.28. The van der Waals surface area contributed by atoms with Gasteiger partial charge in [-0.2, -0.15) is 0 Å². The van der Waals surface area contributed by atoms with Crippen LogP contribution >= 0.6 is 0 Å². The number of ether oxygens (including phenoxy) is 1. The molecule has 0 bridgehead atoms. The predicted molar refractivity (Wildman–Crippen MR) is 57.2 cm³/mol. The molecule has 1 aliphatic rings. The molecular formula is C12H15F2NO. The fraction of sp³-hybridized carbons (Fsp3) is 0.500. The highest BCUT2D eigenvalue weighted by atomic mass is 19.1. The number of rotatable bonds is 3. The Morgan fingerprint density at radius 3 is 2.25 bits per heavy atom. The van der Waals surface area contributed by atoms with Gasteiger partial charge in [-0.3, -0.25) is 0 Å². The molecule has 4 heteroatoms. The van der Waals surface area contributed by atoms with Gasteiger partial charge in [-0.25, -0.2) is 8.78 Å². The summed E-state index contributed by atoms with van der Waals surface area (Å²) >= 11 is 0. The van der Waals surface area contributed by atoms with Gasteiger partial charge < -0.3 is 10.5 Å². The molecule has 1 aromatic carbocycles. The van der Waals surface area contributed by atoms with E-state index in [0.29, 0.717) is 0 Å². The van der Waals surface area contributed by atoms with Crippen molar-refractivity contribution >= 4 is 0 Å². The summed E-state index contributed by atoms with van der Waals surface area (Å²) < 4.78 is 32.1. The molecule has 16 heavy (non-hydrogen) atoms. The number of halogens is 2. The Hall–Kier alpha value is -1.16. The maximum absolute atomic E-state index is 13.7. The van der Waals surface area contributed by atoms with Crippen LogP contribution < -0.4 is 10.5 Å². The Labute approximate surface area is 93.4 Å². The Kier molecular flexibility index (Phi) is 3.10. The highest BCUT2D eigenvalue weighted by Gasteiger charge is 2.29. The van der Waals surface area contributed by atoms with Crippen molar-refractivity contribution in [2.75, 3.05) is 7.11 Å². The molecule has 0 radical (unpaired) electrons. The van der Waals surface area contributed by atoms with Crippen molar-refractivity contribution < 1.29 is 13.5 Å². The summed E-state index contributed by atoms with van der Waals surface area (Å²) in [5.74, 6) is -0.843. The zero-order chi connectivity index (χ0) is 11.7. The molecule has 0 heterocycles. The average Bonchev–Trinajstić information content (AvgIpc) is 2.13. The van der Waals surface area contributed by atoms with Crippen molar-refractivity contribution in [2.45, 2.75) is 25.3 Å². The fourth-order valence-corrected chi connectivity index (χ4v) is 2.03. The van der Waals surface area contributed by atoms with E-state index in [1.54, 1.807) is 0 Å². The van der Waals surface area contributed by atoms with Crippen LogP contribution in [0.15, 0.2) is 12.1 Å². The molecule has 0 unspecified atom stereocenters. The molecule has 2 nitrogen and oxygen atoms in total. The second-order valence-corrected chi connectivity index (χ2v) is 4.22. The monoisotopic (exact) mass is 227 g/mol. The lowest BCUT2D eigenvalue weighted by Crippen LogP contribution is -2.28. The lowest BCUT2D eigenvalue weighted by Gasteiger charge is -2.31. The third-order valence-corrected chi connectivity index (χ3v) is 3.28. The van der Waals surface area contributed by atoms with E-state index in [0.717, 1.165) is 19.3 Å². The first kappa shape index (κ1) is 11.3. The number of hydrogen-bond acceptors (Lipinski definition) is 2. The van der Waals surface area contributed by atoms with Crippen molar-refractivity contribution in [3.05, 3.63) is 29.3 Å². The first-order valence-electron chi connectivity index (χ1n) is 5.42. The summed E-state index contributed by atoms with van der Waals surface area (Å²) in [5, 5.41) is 0. The molecule has 0 aliphatic heterocycles. The summed E-state index contributed by atoms with van der Waals surface area (Å²) in [6.07, 6.45) is 3.00. The molecule has 1 aliphatic carbocycles. The van der Waals surface area contributed by atoms with Crippen LogP contribution in [0.2, 0.25) is 0 Å². The zero-order valence-electron chi connectivity index (χ0n) is 9.17. The van der Waals surface area contributed by atoms with Crippen molar-refractivity contribution in [3.63, 3.8) is 0 Å². The van der Waals surface area contributed by atoms with Crippen LogP contribution in [-0.2, 0) is 0 Å². The van der Waals surface area contributed by atoms with Crippen LogP contribution in [0.5, 0.6) is 5.75 Å². The Bertz CT molecular complexity index is 368. The van der Waals surface area contributed by atoms with Crippen LogP contribution in [0.25, 0.3) is 0 Å². The van der Waals surface area contributed by atoms with Crippen molar-refractivity contribution in [1.29, 1.82) is 0 Å². The second kappa shape index (κ2) is 4.37. The van der Waals surface area contributed by atoms with Crippen LogP contribution in [-0.4, -0.2) is 7.11 Å². The molecule has 1 fully saturated rings. The minimum Gasteiger partial charge on any atom is -0.497 e. The lowest BCUT2D eigenvalue weighted by atomic mass is 9.77. The van der Waals surface area contributed by atoms with Gasteiger partial charge in [0, 0.05) is 23.7 Å². The molecule has 0 aromatic heterocycles. The highest BCUT2D eigenvalue weighted by molar-refractivity contribution is 5.32. The maximum atomic E-state index is 13.7. The molecular weight excluding hydrogens is 212 g/mol. The van der Waals surface area contributed by atoms with Gasteiger partial charge in [0.05, 0.1) is 7.11 Å². The normalized spacial score (nSPS) is 18.0. The Morgan fingerprint density at radius 2 is 1.88 bits per heavy atom. The minimum atomic E-state index is -0.615. The van der Waals surface area contributed by atoms with E-state index in [4.69, 9.17) is 10.5 Å². The molecule has 1 aromatic rings. The quantitative estimate of drug-likeness (QED) is 0.861. The van der Waals surface area contributed by atoms with Crippen LogP contribution in [0.4, 0.5) is 8.78 Å². The van der Waals surface area contributed by atoms with E-state index in [1.807, 2.05) is 0 Å². The van der Waals surface area contributed by atoms with Crippen LogP contribution in [0, 0.1) is 17.6 Å². The molecule has 1 atom stereocenters. The average molecular weight is 227 g/mol. The first-order valence-corrected chi connectivity index (χ1v) is 5.42. The number of benzene rings is 1. The van der Waals surface area contributed by atoms with E-state index < -0.39 is 17.7 Å². The molecule has 2 rings (SSSR count). The maximum Gasteiger partial charge on any atom is 0.134 e. The Balaban J connectivity index is 2.32. The minimum absolute atomic E-state index is 0.00880. The molecule has 0 spiro atoms. The molecule has 1 saturated carbocycles. The van der Waals surface area contributed by atoms with Gasteiger partial charge in [0.1, 0.15) is 17.4 Å². The van der Waals surface area contributed by atoms with Gasteiger partial charge in [-0.05, 0) is 18.8 Å². The van der Waals surface area contributed by atoms with Crippen LogP contribution in [0.3, 0.4) is 0 Å². The third kappa shape index (κ3) is 1.89. The van der Waals surface area contributed by atoms with E-state index >= 15 is 0 Å². The standard InChI is InChI=1S/C12H15F2NO/c1-16-8-5-9(13)11(10(14)6-8)12(15)7-3-2-4-7/h5-7,12H,2-4,15H2,1H3/t12-/m0/s1. The number of nitrogens with two attached hydrogens (primary N) is 1. The fourth-order valence-electron chi connectivity index (χ4n) is 2.03. The van der Waals surface area contributed by atoms with E-state index in [2.05, 4.69) is 0 Å². The molecule has 2 N–H and O–H groups in total. The van der Waals surface area contributed by atoms with Gasteiger partial charge in [-0.15, -0.1) is 0 Å². The second-order valence-electron chi connectivity index (χ2n) is 4.22. The molecule has 88 valence electrons. The van der Waals surface area contributed by atoms with E-state index in [1.165, 1.54) is 19.2 Å². The van der Waals surface area contributed by atoms with E-state index in [-0.39, 0.29) is 17.2 Å². The summed E-state index contributed by atoms with van der Waals surface area (Å²) in [7, 11) is 1.37. The topological polar surface area (TPSA) is 35.2 Å². The van der Waals surface area contributed by atoms with Crippen molar-refractivity contribution in [1.82, 2.24) is 0 Å². The number of hydrogen-bond donors (Lipinski definition) is 1. The summed E-state index contributed by atoms with van der Waals surface area (Å²) in [6, 6.07) is 1.81. The van der Waals surface area contributed by atoms with E-state index in [9.17, 15) is 8.78 Å². The summed E-state index contributed by atoms with van der Waals surface area (Å²) in [5.41, 5.74) is 5.86. The van der Waals surface area contributed by atoms with Gasteiger partial charge >= 0.3 is 0 Å². The molecule has 0 saturated heterocycles. The SMILES string of the molecule is COc1cc(F)c([C@@H](N)C2CCC2)c(F)c1. The van der Waals surface area contributed by atoms with Crippen molar-refractivity contribution in [2.24, 2.45) is 11.7 Å². The van der Waals surface area contributed by atoms with Crippen LogP contribution in [0.1, 0.15) is 30.9 Å². The van der Waals surface area contributed by atoms with Crippen molar-refractivity contribution in [3.8, 4) is 5.75 Å². The van der Waals surface area contributed by atoms with Gasteiger partial charge in [0.2, 0.25) is 0 Å². The lowest BCUT2D eigenvalue weighted by molar-refractivity contribution is 0.255. The predicted octanol–water partition coefficient (Wildman–Crippen LogP) is 2.77. The Morgan fingerprint density at radius 1 is 1.31 bits per heavy atom. The van der Waals surface area contributed by atoms with Gasteiger partial charge in [0.25, 0.3) is 0 Å². The van der Waals surface area contributed by atoms with Gasteiger partial charge in [0.15, 0.2) is 0 Å². The largest absolute Gasteiger partial charge is 0.497 e. The number of methoxy groups -OCH3 is 1.